The molecule has 3 heterocycles. The highest BCUT2D eigenvalue weighted by molar-refractivity contribution is 5.97. The highest BCUT2D eigenvalue weighted by Gasteiger charge is 2.34. The molecule has 0 aliphatic carbocycles. The van der Waals surface area contributed by atoms with Crippen LogP contribution in [0.25, 0.3) is 0 Å². The summed E-state index contributed by atoms with van der Waals surface area (Å²) in [7, 11) is 5.43. The maximum atomic E-state index is 13.5. The topological polar surface area (TPSA) is 99.1 Å². The third-order valence-electron chi connectivity index (χ3n) is 5.86. The summed E-state index contributed by atoms with van der Waals surface area (Å²) in [5.41, 5.74) is 1.59. The molecular weight excluding hydrogens is 446 g/mol. The van der Waals surface area contributed by atoms with Gasteiger partial charge in [0.05, 0.1) is 25.7 Å². The molecule has 1 aliphatic heterocycles. The molecule has 3 rings (SSSR count). The standard InChI is InChI=1S/C26H33N5O4/c1-18-14-31(19(2)17-32)26(34)22-11-21(9-8-20-7-6-10-27-12-20)13-28-25(22)35-23(18)15-30(5)24(33)16-29(3)4/h6-7,10-13,18-19,23,32H,14-17H2,1-5H3/t18-,19+,23-/m0/s1. The van der Waals surface area contributed by atoms with Crippen LogP contribution in [0.15, 0.2) is 36.8 Å². The Hall–Kier alpha value is -3.48. The molecular formula is C26H33N5O4. The van der Waals surface area contributed by atoms with Crippen molar-refractivity contribution in [1.82, 2.24) is 24.7 Å². The third-order valence-corrected chi connectivity index (χ3v) is 5.86. The second-order valence-corrected chi connectivity index (χ2v) is 9.20. The van der Waals surface area contributed by atoms with E-state index in [1.54, 1.807) is 54.5 Å². The average Bonchev–Trinajstić information content (AvgIpc) is 2.84. The Morgan fingerprint density at radius 3 is 2.69 bits per heavy atom. The Kier molecular flexibility index (Phi) is 8.79. The van der Waals surface area contributed by atoms with Crippen molar-refractivity contribution >= 4 is 11.8 Å². The van der Waals surface area contributed by atoms with Gasteiger partial charge >= 0.3 is 0 Å². The van der Waals surface area contributed by atoms with Crippen molar-refractivity contribution < 1.29 is 19.4 Å². The van der Waals surface area contributed by atoms with Gasteiger partial charge < -0.3 is 24.5 Å². The van der Waals surface area contributed by atoms with Gasteiger partial charge in [-0.25, -0.2) is 4.98 Å². The number of amides is 2. The quantitative estimate of drug-likeness (QED) is 0.620. The molecule has 0 saturated heterocycles. The zero-order chi connectivity index (χ0) is 25.5. The van der Waals surface area contributed by atoms with Crippen LogP contribution in [0, 0.1) is 17.8 Å². The lowest BCUT2D eigenvalue weighted by atomic mass is 10.00. The minimum absolute atomic E-state index is 0.0290. The monoisotopic (exact) mass is 479 g/mol. The number of carbonyl (C=O) groups is 2. The predicted octanol–water partition coefficient (Wildman–Crippen LogP) is 1.12. The number of aromatic nitrogens is 2. The molecule has 0 radical (unpaired) electrons. The molecule has 1 N–H and O–H groups in total. The van der Waals surface area contributed by atoms with E-state index in [2.05, 4.69) is 21.8 Å². The zero-order valence-electron chi connectivity index (χ0n) is 20.9. The maximum absolute atomic E-state index is 13.5. The van der Waals surface area contributed by atoms with E-state index in [4.69, 9.17) is 4.74 Å². The van der Waals surface area contributed by atoms with Crippen LogP contribution >= 0.6 is 0 Å². The number of carbonyl (C=O) groups excluding carboxylic acids is 2. The Morgan fingerprint density at radius 2 is 2.03 bits per heavy atom. The number of fused-ring (bicyclic) bond motifs is 1. The van der Waals surface area contributed by atoms with Crippen molar-refractivity contribution in [2.75, 3.05) is 47.4 Å². The second kappa shape index (κ2) is 11.8. The number of likely N-dealkylation sites (N-methyl/N-ethyl adjacent to an activating group) is 2. The van der Waals surface area contributed by atoms with Gasteiger partial charge in [0.15, 0.2) is 0 Å². The van der Waals surface area contributed by atoms with Crippen LogP contribution < -0.4 is 4.74 Å². The zero-order valence-corrected chi connectivity index (χ0v) is 20.9. The van der Waals surface area contributed by atoms with Gasteiger partial charge in [-0.1, -0.05) is 18.8 Å². The highest BCUT2D eigenvalue weighted by Crippen LogP contribution is 2.27. The largest absolute Gasteiger partial charge is 0.472 e. The molecule has 3 atom stereocenters. The van der Waals surface area contributed by atoms with E-state index < -0.39 is 12.1 Å². The minimum Gasteiger partial charge on any atom is -0.472 e. The number of aliphatic hydroxyl groups is 1. The van der Waals surface area contributed by atoms with Gasteiger partial charge in [0, 0.05) is 49.2 Å². The fraction of sp³-hybridized carbons (Fsp3) is 0.462. The fourth-order valence-electron chi connectivity index (χ4n) is 3.73. The third kappa shape index (κ3) is 6.78. The van der Waals surface area contributed by atoms with E-state index in [1.807, 2.05) is 32.0 Å². The van der Waals surface area contributed by atoms with Crippen LogP contribution in [0.5, 0.6) is 5.88 Å². The Balaban J connectivity index is 1.95. The van der Waals surface area contributed by atoms with Crippen molar-refractivity contribution in [2.24, 2.45) is 5.92 Å². The summed E-state index contributed by atoms with van der Waals surface area (Å²) in [4.78, 5) is 39.6. The lowest BCUT2D eigenvalue weighted by Gasteiger charge is -2.37. The van der Waals surface area contributed by atoms with Gasteiger partial charge in [-0.05, 0) is 39.2 Å². The minimum atomic E-state index is -0.397. The maximum Gasteiger partial charge on any atom is 0.259 e. The normalized spacial score (nSPS) is 18.5. The SMILES string of the molecule is C[C@H](CO)N1C[C@H](C)[C@H](CN(C)C(=O)CN(C)C)Oc2ncc(C#Cc3cccnc3)cc2C1=O. The number of ether oxygens (including phenoxy) is 1. The molecule has 0 spiro atoms. The molecule has 0 fully saturated rings. The average molecular weight is 480 g/mol. The smallest absolute Gasteiger partial charge is 0.259 e. The number of hydrogen-bond donors (Lipinski definition) is 1. The number of rotatable bonds is 6. The van der Waals surface area contributed by atoms with E-state index in [0.29, 0.717) is 18.7 Å². The summed E-state index contributed by atoms with van der Waals surface area (Å²) in [6.07, 6.45) is 4.51. The van der Waals surface area contributed by atoms with Gasteiger partial charge in [0.25, 0.3) is 5.91 Å². The summed E-state index contributed by atoms with van der Waals surface area (Å²) in [6.45, 7) is 4.59. The van der Waals surface area contributed by atoms with Crippen molar-refractivity contribution in [1.29, 1.82) is 0 Å². The van der Waals surface area contributed by atoms with Crippen LogP contribution in [-0.4, -0.2) is 101 Å². The summed E-state index contributed by atoms with van der Waals surface area (Å²) in [5.74, 6) is 5.83. The molecule has 1 aliphatic rings. The molecule has 9 heteroatoms. The first-order valence-corrected chi connectivity index (χ1v) is 11.6. The van der Waals surface area contributed by atoms with Crippen LogP contribution in [0.1, 0.15) is 35.3 Å². The Morgan fingerprint density at radius 1 is 1.29 bits per heavy atom. The summed E-state index contributed by atoms with van der Waals surface area (Å²) >= 11 is 0. The fourth-order valence-corrected chi connectivity index (χ4v) is 3.73. The number of nitrogens with zero attached hydrogens (tertiary/aromatic N) is 5. The van der Waals surface area contributed by atoms with Crippen molar-refractivity contribution in [3.63, 3.8) is 0 Å². The van der Waals surface area contributed by atoms with E-state index in [0.717, 1.165) is 5.56 Å². The molecule has 9 nitrogen and oxygen atoms in total. The Bertz CT molecular complexity index is 1100. The molecule has 0 bridgehead atoms. The van der Waals surface area contributed by atoms with E-state index in [9.17, 15) is 14.7 Å². The second-order valence-electron chi connectivity index (χ2n) is 9.20. The highest BCUT2D eigenvalue weighted by atomic mass is 16.5. The van der Waals surface area contributed by atoms with Crippen LogP contribution in [-0.2, 0) is 4.79 Å². The summed E-state index contributed by atoms with van der Waals surface area (Å²) in [5, 5.41) is 9.81. The molecule has 2 aromatic heterocycles. The first kappa shape index (κ1) is 26.1. The number of aliphatic hydroxyl groups excluding tert-OH is 1. The van der Waals surface area contributed by atoms with Gasteiger partial charge in [-0.15, -0.1) is 0 Å². The molecule has 186 valence electrons. The number of pyridine rings is 2. The lowest BCUT2D eigenvalue weighted by Crippen LogP contribution is -2.51. The molecule has 0 unspecified atom stereocenters. The Labute approximate surface area is 206 Å². The van der Waals surface area contributed by atoms with Crippen molar-refractivity contribution in [3.05, 3.63) is 53.5 Å². The molecule has 35 heavy (non-hydrogen) atoms. The van der Waals surface area contributed by atoms with Crippen LogP contribution in [0.3, 0.4) is 0 Å². The molecule has 0 aromatic carbocycles. The van der Waals surface area contributed by atoms with Crippen molar-refractivity contribution in [3.8, 4) is 17.7 Å². The molecule has 0 saturated carbocycles. The van der Waals surface area contributed by atoms with E-state index >= 15 is 0 Å². The van der Waals surface area contributed by atoms with Gasteiger partial charge in [-0.3, -0.25) is 14.6 Å². The van der Waals surface area contributed by atoms with E-state index in [1.165, 1.54) is 0 Å². The summed E-state index contributed by atoms with van der Waals surface area (Å²) in [6, 6.07) is 4.92. The van der Waals surface area contributed by atoms with E-state index in [-0.39, 0.29) is 42.3 Å². The van der Waals surface area contributed by atoms with Gasteiger partial charge in [-0.2, -0.15) is 0 Å². The van der Waals surface area contributed by atoms with Gasteiger partial charge in [0.1, 0.15) is 11.7 Å². The van der Waals surface area contributed by atoms with Gasteiger partial charge in [0.2, 0.25) is 11.8 Å². The van der Waals surface area contributed by atoms with Crippen LogP contribution in [0.2, 0.25) is 0 Å². The molecule has 2 aromatic rings. The summed E-state index contributed by atoms with van der Waals surface area (Å²) < 4.78 is 6.24. The van der Waals surface area contributed by atoms with Crippen LogP contribution in [0.4, 0.5) is 0 Å². The number of hydrogen-bond acceptors (Lipinski definition) is 7. The van der Waals surface area contributed by atoms with Crippen molar-refractivity contribution in [2.45, 2.75) is 26.0 Å². The molecule has 2 amide bonds. The lowest BCUT2D eigenvalue weighted by molar-refractivity contribution is -0.132. The predicted molar refractivity (Wildman–Crippen MR) is 132 cm³/mol. The first-order chi connectivity index (χ1) is 16.7. The first-order valence-electron chi connectivity index (χ1n) is 11.6.